The molecule has 18 heavy (non-hydrogen) atoms. The monoisotopic (exact) mass is 264 g/mol. The summed E-state index contributed by atoms with van der Waals surface area (Å²) in [5.74, 6) is 2.23. The van der Waals surface area contributed by atoms with Crippen LogP contribution in [0.3, 0.4) is 0 Å². The highest BCUT2D eigenvalue weighted by Crippen LogP contribution is 2.37. The Hall–Kier alpha value is -1.50. The van der Waals surface area contributed by atoms with Crippen molar-refractivity contribution in [3.63, 3.8) is 0 Å². The van der Waals surface area contributed by atoms with Gasteiger partial charge in [-0.15, -0.1) is 0 Å². The molecule has 0 radical (unpaired) electrons. The normalized spacial score (nSPS) is 23.6. The summed E-state index contributed by atoms with van der Waals surface area (Å²) in [4.78, 5) is 15.5. The zero-order valence-electron chi connectivity index (χ0n) is 10.2. The summed E-state index contributed by atoms with van der Waals surface area (Å²) in [5.41, 5.74) is 7.10. The van der Waals surface area contributed by atoms with Gasteiger partial charge in [-0.05, 0) is 25.5 Å². The second kappa shape index (κ2) is 4.31. The molecule has 0 aliphatic carbocycles. The molecule has 0 bridgehead atoms. The standard InChI is InChI=1S/C11H16N6S/c1-11(3-2-4-18-11)5-13-8-7-9(15-6-14-7)17-10(12)16-8/h6H,2-5H2,1H3,(H4,12,13,14,15,16,17). The summed E-state index contributed by atoms with van der Waals surface area (Å²) in [6.07, 6.45) is 4.13. The average Bonchev–Trinajstić information content (AvgIpc) is 2.95. The molecule has 4 N–H and O–H groups in total. The van der Waals surface area contributed by atoms with Crippen LogP contribution < -0.4 is 11.1 Å². The maximum absolute atomic E-state index is 5.68. The predicted octanol–water partition coefficient (Wildman–Crippen LogP) is 1.63. The Morgan fingerprint density at radius 1 is 1.56 bits per heavy atom. The lowest BCUT2D eigenvalue weighted by molar-refractivity contribution is 0.634. The topological polar surface area (TPSA) is 92.5 Å². The van der Waals surface area contributed by atoms with E-state index < -0.39 is 0 Å². The van der Waals surface area contributed by atoms with Crippen molar-refractivity contribution in [3.05, 3.63) is 6.33 Å². The molecule has 7 heteroatoms. The highest BCUT2D eigenvalue weighted by Gasteiger charge is 2.29. The SMILES string of the molecule is CC1(CNc2nc(N)nc3nc[nH]c23)CCCS1. The molecule has 2 aromatic heterocycles. The van der Waals surface area contributed by atoms with Crippen LogP contribution in [0.5, 0.6) is 0 Å². The number of H-pyrrole nitrogens is 1. The zero-order valence-corrected chi connectivity index (χ0v) is 11.0. The first-order valence-electron chi connectivity index (χ1n) is 6.01. The van der Waals surface area contributed by atoms with Crippen molar-refractivity contribution in [1.29, 1.82) is 0 Å². The third-order valence-corrected chi connectivity index (χ3v) is 4.77. The van der Waals surface area contributed by atoms with Crippen LogP contribution in [0.1, 0.15) is 19.8 Å². The Morgan fingerprint density at radius 3 is 3.22 bits per heavy atom. The molecular formula is C11H16N6S. The maximum atomic E-state index is 5.68. The van der Waals surface area contributed by atoms with E-state index in [4.69, 9.17) is 5.73 Å². The van der Waals surface area contributed by atoms with E-state index in [1.165, 1.54) is 18.6 Å². The maximum Gasteiger partial charge on any atom is 0.224 e. The van der Waals surface area contributed by atoms with E-state index in [9.17, 15) is 0 Å². The van der Waals surface area contributed by atoms with Gasteiger partial charge < -0.3 is 16.0 Å². The fraction of sp³-hybridized carbons (Fsp3) is 0.545. The van der Waals surface area contributed by atoms with Gasteiger partial charge in [0.15, 0.2) is 11.5 Å². The number of thioether (sulfide) groups is 1. The number of nitrogens with zero attached hydrogens (tertiary/aromatic N) is 3. The fourth-order valence-electron chi connectivity index (χ4n) is 2.22. The molecule has 1 aliphatic rings. The van der Waals surface area contributed by atoms with Crippen molar-refractivity contribution < 1.29 is 0 Å². The number of hydrogen-bond acceptors (Lipinski definition) is 6. The first-order chi connectivity index (χ1) is 8.66. The number of imidazole rings is 1. The number of rotatable bonds is 3. The minimum atomic E-state index is 0.251. The number of aromatic nitrogens is 4. The molecule has 1 atom stereocenters. The highest BCUT2D eigenvalue weighted by atomic mass is 32.2. The van der Waals surface area contributed by atoms with Crippen molar-refractivity contribution in [2.45, 2.75) is 24.5 Å². The molecule has 0 spiro atoms. The minimum Gasteiger partial charge on any atom is -0.368 e. The largest absolute Gasteiger partial charge is 0.368 e. The summed E-state index contributed by atoms with van der Waals surface area (Å²) >= 11 is 2.01. The first-order valence-corrected chi connectivity index (χ1v) is 6.99. The molecule has 1 unspecified atom stereocenters. The van der Waals surface area contributed by atoms with Crippen molar-refractivity contribution in [1.82, 2.24) is 19.9 Å². The number of nitrogen functional groups attached to an aromatic ring is 1. The van der Waals surface area contributed by atoms with Gasteiger partial charge in [0, 0.05) is 11.3 Å². The van der Waals surface area contributed by atoms with Crippen LogP contribution >= 0.6 is 11.8 Å². The van der Waals surface area contributed by atoms with Gasteiger partial charge in [0.25, 0.3) is 0 Å². The Kier molecular flexibility index (Phi) is 2.77. The quantitative estimate of drug-likeness (QED) is 0.780. The zero-order chi connectivity index (χ0) is 12.6. The Morgan fingerprint density at radius 2 is 2.44 bits per heavy atom. The van der Waals surface area contributed by atoms with Crippen LogP contribution in [0.15, 0.2) is 6.33 Å². The van der Waals surface area contributed by atoms with Gasteiger partial charge in [-0.3, -0.25) is 0 Å². The Bertz CT molecular complexity index is 560. The van der Waals surface area contributed by atoms with Crippen LogP contribution in [-0.2, 0) is 0 Å². The van der Waals surface area contributed by atoms with E-state index in [0.29, 0.717) is 5.65 Å². The molecule has 1 fully saturated rings. The second-order valence-corrected chi connectivity index (χ2v) is 6.47. The summed E-state index contributed by atoms with van der Waals surface area (Å²) in [7, 11) is 0. The molecule has 1 saturated heterocycles. The van der Waals surface area contributed by atoms with Crippen LogP contribution in [0, 0.1) is 0 Å². The highest BCUT2D eigenvalue weighted by molar-refractivity contribution is 8.00. The van der Waals surface area contributed by atoms with E-state index >= 15 is 0 Å². The number of aromatic amines is 1. The lowest BCUT2D eigenvalue weighted by Crippen LogP contribution is -2.27. The van der Waals surface area contributed by atoms with Gasteiger partial charge in [0.2, 0.25) is 5.95 Å². The fourth-order valence-corrected chi connectivity index (χ4v) is 3.47. The van der Waals surface area contributed by atoms with Gasteiger partial charge in [0.05, 0.1) is 6.33 Å². The summed E-state index contributed by atoms with van der Waals surface area (Å²) in [6.45, 7) is 3.16. The van der Waals surface area contributed by atoms with E-state index in [2.05, 4.69) is 32.2 Å². The van der Waals surface area contributed by atoms with Gasteiger partial charge in [-0.1, -0.05) is 0 Å². The van der Waals surface area contributed by atoms with Crippen molar-refractivity contribution in [3.8, 4) is 0 Å². The first kappa shape index (κ1) is 11.6. The van der Waals surface area contributed by atoms with Crippen LogP contribution in [0.25, 0.3) is 11.2 Å². The molecule has 96 valence electrons. The minimum absolute atomic E-state index is 0.251. The third kappa shape index (κ3) is 2.10. The van der Waals surface area contributed by atoms with Crippen molar-refractivity contribution in [2.75, 3.05) is 23.3 Å². The number of fused-ring (bicyclic) bond motifs is 1. The van der Waals surface area contributed by atoms with Crippen LogP contribution in [0.2, 0.25) is 0 Å². The third-order valence-electron chi connectivity index (χ3n) is 3.23. The molecule has 1 aliphatic heterocycles. The van der Waals surface area contributed by atoms with Crippen molar-refractivity contribution >= 4 is 34.7 Å². The van der Waals surface area contributed by atoms with Crippen molar-refractivity contribution in [2.24, 2.45) is 0 Å². The molecule has 3 rings (SSSR count). The Labute approximate surface area is 109 Å². The van der Waals surface area contributed by atoms with E-state index in [1.54, 1.807) is 6.33 Å². The van der Waals surface area contributed by atoms with Gasteiger partial charge in [0.1, 0.15) is 5.52 Å². The molecule has 0 amide bonds. The average molecular weight is 264 g/mol. The molecule has 3 heterocycles. The number of hydrogen-bond donors (Lipinski definition) is 3. The van der Waals surface area contributed by atoms with Gasteiger partial charge >= 0.3 is 0 Å². The van der Waals surface area contributed by atoms with E-state index in [-0.39, 0.29) is 10.7 Å². The van der Waals surface area contributed by atoms with Crippen LogP contribution in [-0.4, -0.2) is 37.0 Å². The van der Waals surface area contributed by atoms with Gasteiger partial charge in [-0.25, -0.2) is 4.98 Å². The summed E-state index contributed by atoms with van der Waals surface area (Å²) < 4.78 is 0.284. The Balaban J connectivity index is 1.83. The van der Waals surface area contributed by atoms with Gasteiger partial charge in [-0.2, -0.15) is 21.7 Å². The van der Waals surface area contributed by atoms with E-state index in [0.717, 1.165) is 17.9 Å². The molecule has 0 saturated carbocycles. The second-order valence-electron chi connectivity index (χ2n) is 4.79. The predicted molar refractivity (Wildman–Crippen MR) is 74.7 cm³/mol. The molecule has 2 aromatic rings. The number of nitrogens with one attached hydrogen (secondary N) is 2. The summed E-state index contributed by atoms with van der Waals surface area (Å²) in [6, 6.07) is 0. The van der Waals surface area contributed by atoms with Crippen LogP contribution in [0.4, 0.5) is 11.8 Å². The van der Waals surface area contributed by atoms with E-state index in [1.807, 2.05) is 11.8 Å². The molecule has 0 aromatic carbocycles. The summed E-state index contributed by atoms with van der Waals surface area (Å²) in [5, 5.41) is 3.37. The molecular weight excluding hydrogens is 248 g/mol. The lowest BCUT2D eigenvalue weighted by atomic mass is 10.1. The smallest absolute Gasteiger partial charge is 0.224 e. The number of anilines is 2. The number of nitrogens with two attached hydrogens (primary N) is 1. The molecule has 6 nitrogen and oxygen atoms in total. The lowest BCUT2D eigenvalue weighted by Gasteiger charge is -2.23.